The molecule has 4 rings (SSSR count). The van der Waals surface area contributed by atoms with Gasteiger partial charge in [0.05, 0.1) is 24.4 Å². The fourth-order valence-corrected chi connectivity index (χ4v) is 4.63. The first-order valence-corrected chi connectivity index (χ1v) is 12.7. The van der Waals surface area contributed by atoms with E-state index in [1.54, 1.807) is 12.1 Å². The number of aromatic carboxylic acids is 1. The predicted octanol–water partition coefficient (Wildman–Crippen LogP) is 6.25. The fourth-order valence-electron chi connectivity index (χ4n) is 4.63. The van der Waals surface area contributed by atoms with Crippen LogP contribution in [0.4, 0.5) is 0 Å². The van der Waals surface area contributed by atoms with E-state index in [1.165, 1.54) is 16.3 Å². The van der Waals surface area contributed by atoms with Crippen molar-refractivity contribution < 1.29 is 19.7 Å². The number of hydrogen-bond donors (Lipinski definition) is 3. The number of hydrogen-bond acceptors (Lipinski definition) is 4. The maximum absolute atomic E-state index is 11.2. The van der Waals surface area contributed by atoms with E-state index in [0.717, 1.165) is 23.1 Å². The highest BCUT2D eigenvalue weighted by atomic mass is 16.5. The van der Waals surface area contributed by atoms with Gasteiger partial charge in [-0.1, -0.05) is 78.9 Å². The average Bonchev–Trinajstić information content (AvgIpc) is 2.90. The summed E-state index contributed by atoms with van der Waals surface area (Å²) in [6, 6.07) is 29.6. The van der Waals surface area contributed by atoms with Crippen molar-refractivity contribution in [3.63, 3.8) is 0 Å². The fraction of sp³-hybridized carbons (Fsp3) is 0.281. The van der Waals surface area contributed by atoms with Gasteiger partial charge < -0.3 is 20.3 Å². The Morgan fingerprint density at radius 3 is 2.32 bits per heavy atom. The number of rotatable bonds is 11. The summed E-state index contributed by atoms with van der Waals surface area (Å²) in [4.78, 5) is 11.2. The van der Waals surface area contributed by atoms with Gasteiger partial charge in [0.25, 0.3) is 0 Å². The number of aliphatic hydroxyl groups excluding tert-OH is 1. The maximum Gasteiger partial charge on any atom is 0.335 e. The molecule has 0 unspecified atom stereocenters. The Kier molecular flexibility index (Phi) is 8.39. The Morgan fingerprint density at radius 1 is 0.919 bits per heavy atom. The molecule has 0 aliphatic carbocycles. The molecule has 0 fully saturated rings. The van der Waals surface area contributed by atoms with Gasteiger partial charge in [0, 0.05) is 12.1 Å². The van der Waals surface area contributed by atoms with Gasteiger partial charge in [0.15, 0.2) is 0 Å². The molecule has 4 aromatic rings. The lowest BCUT2D eigenvalue weighted by Crippen LogP contribution is -2.46. The summed E-state index contributed by atoms with van der Waals surface area (Å²) >= 11 is 0. The Bertz CT molecular complexity index is 1350. The van der Waals surface area contributed by atoms with Crippen LogP contribution in [0.5, 0.6) is 0 Å². The average molecular weight is 498 g/mol. The zero-order valence-corrected chi connectivity index (χ0v) is 21.6. The van der Waals surface area contributed by atoms with Crippen molar-refractivity contribution in [3.8, 4) is 11.1 Å². The van der Waals surface area contributed by atoms with Crippen molar-refractivity contribution in [1.29, 1.82) is 0 Å². The maximum atomic E-state index is 11.2. The zero-order chi connectivity index (χ0) is 26.4. The van der Waals surface area contributed by atoms with E-state index in [2.05, 4.69) is 61.6 Å². The van der Waals surface area contributed by atoms with Crippen molar-refractivity contribution >= 4 is 16.7 Å². The lowest BCUT2D eigenvalue weighted by Gasteiger charge is -2.28. The summed E-state index contributed by atoms with van der Waals surface area (Å²) in [6.07, 6.45) is -0.0495. The van der Waals surface area contributed by atoms with Gasteiger partial charge in [0.1, 0.15) is 0 Å². The molecule has 0 amide bonds. The molecule has 2 atom stereocenters. The Balaban J connectivity index is 1.32. The van der Waals surface area contributed by atoms with Gasteiger partial charge in [-0.2, -0.15) is 0 Å². The van der Waals surface area contributed by atoms with E-state index in [0.29, 0.717) is 6.54 Å². The Morgan fingerprint density at radius 2 is 1.59 bits per heavy atom. The van der Waals surface area contributed by atoms with Crippen LogP contribution in [0, 0.1) is 0 Å². The molecule has 0 radical (unpaired) electrons. The molecular formula is C32H35NO4. The van der Waals surface area contributed by atoms with Crippen molar-refractivity contribution in [3.05, 3.63) is 108 Å². The first-order chi connectivity index (χ1) is 17.7. The molecule has 5 nitrogen and oxygen atoms in total. The van der Waals surface area contributed by atoms with E-state index in [1.807, 2.05) is 43.3 Å². The molecule has 5 heteroatoms. The van der Waals surface area contributed by atoms with Crippen LogP contribution in [0.2, 0.25) is 0 Å². The molecule has 0 aromatic heterocycles. The molecule has 37 heavy (non-hydrogen) atoms. The van der Waals surface area contributed by atoms with Crippen molar-refractivity contribution in [2.45, 2.75) is 44.9 Å². The quantitative estimate of drug-likeness (QED) is 0.228. The van der Waals surface area contributed by atoms with E-state index in [-0.39, 0.29) is 23.8 Å². The van der Waals surface area contributed by atoms with E-state index in [4.69, 9.17) is 9.84 Å². The minimum absolute atomic E-state index is 0.191. The molecule has 0 aliphatic rings. The molecule has 4 aromatic carbocycles. The van der Waals surface area contributed by atoms with E-state index in [9.17, 15) is 9.90 Å². The molecule has 192 valence electrons. The van der Waals surface area contributed by atoms with Gasteiger partial charge >= 0.3 is 5.97 Å². The third kappa shape index (κ3) is 7.04. The van der Waals surface area contributed by atoms with Crippen molar-refractivity contribution in [2.24, 2.45) is 0 Å². The van der Waals surface area contributed by atoms with Crippen molar-refractivity contribution in [1.82, 2.24) is 5.32 Å². The van der Waals surface area contributed by atoms with E-state index < -0.39 is 12.1 Å². The number of carboxylic acids is 1. The monoisotopic (exact) mass is 497 g/mol. The lowest BCUT2D eigenvalue weighted by molar-refractivity contribution is -0.00397. The smallest absolute Gasteiger partial charge is 0.335 e. The summed E-state index contributed by atoms with van der Waals surface area (Å²) in [5, 5.41) is 25.8. The molecular weight excluding hydrogens is 462 g/mol. The van der Waals surface area contributed by atoms with Crippen molar-refractivity contribution in [2.75, 3.05) is 13.2 Å². The van der Waals surface area contributed by atoms with Crippen LogP contribution >= 0.6 is 0 Å². The predicted molar refractivity (Wildman–Crippen MR) is 149 cm³/mol. The summed E-state index contributed by atoms with van der Waals surface area (Å²) in [5.41, 5.74) is 4.21. The number of β-amino-alcohol motifs (C(OH)–C–C–N with tert-alkyl or cyclic N) is 1. The Hall–Kier alpha value is -3.51. The Labute approximate surface area is 218 Å². The van der Waals surface area contributed by atoms with Gasteiger partial charge in [-0.3, -0.25) is 0 Å². The number of aliphatic hydroxyl groups is 1. The lowest BCUT2D eigenvalue weighted by atomic mass is 9.93. The normalized spacial score (nSPS) is 13.4. The number of nitrogens with one attached hydrogen (secondary N) is 1. The standard InChI is InChI=1S/C32H35NO4/c1-22(29-10-6-7-11-30(29)25-14-16-26(17-15-25)31(35)36)37-21-28(34)20-33-32(2,3)19-23-12-13-24-8-4-5-9-27(24)18-23/h4-18,22,28,33-34H,19-21H2,1-3H3,(H,35,36)/t22-,28-/m1/s1. The van der Waals surface area contributed by atoms with Gasteiger partial charge in [0.2, 0.25) is 0 Å². The highest BCUT2D eigenvalue weighted by Crippen LogP contribution is 2.30. The molecule has 0 saturated heterocycles. The SMILES string of the molecule is C[C@@H](OC[C@H](O)CNC(C)(C)Cc1ccc2ccccc2c1)c1ccccc1-c1ccc(C(=O)O)cc1. The second-order valence-corrected chi connectivity index (χ2v) is 10.2. The van der Waals surface area contributed by atoms with Crippen LogP contribution < -0.4 is 5.32 Å². The molecule has 0 bridgehead atoms. The van der Waals surface area contributed by atoms with Crippen LogP contribution in [0.15, 0.2) is 91.0 Å². The summed E-state index contributed by atoms with van der Waals surface area (Å²) in [5.74, 6) is -0.945. The van der Waals surface area contributed by atoms with Gasteiger partial charge in [-0.05, 0) is 72.4 Å². The highest BCUT2D eigenvalue weighted by molar-refractivity contribution is 5.88. The largest absolute Gasteiger partial charge is 0.478 e. The third-order valence-corrected chi connectivity index (χ3v) is 6.66. The number of fused-ring (bicyclic) bond motifs is 1. The molecule has 0 heterocycles. The van der Waals surface area contributed by atoms with Crippen LogP contribution in [-0.2, 0) is 11.2 Å². The second kappa shape index (κ2) is 11.7. The highest BCUT2D eigenvalue weighted by Gasteiger charge is 2.20. The van der Waals surface area contributed by atoms with Crippen LogP contribution in [0.25, 0.3) is 21.9 Å². The molecule has 0 spiro atoms. The molecule has 0 saturated carbocycles. The van der Waals surface area contributed by atoms with Gasteiger partial charge in [-0.15, -0.1) is 0 Å². The summed E-state index contributed by atoms with van der Waals surface area (Å²) in [6.45, 7) is 6.88. The first kappa shape index (κ1) is 26.6. The minimum Gasteiger partial charge on any atom is -0.478 e. The number of benzene rings is 4. The van der Waals surface area contributed by atoms with Crippen LogP contribution in [0.3, 0.4) is 0 Å². The summed E-state index contributed by atoms with van der Waals surface area (Å²) < 4.78 is 6.06. The number of ether oxygens (including phenoxy) is 1. The van der Waals surface area contributed by atoms with Crippen LogP contribution in [0.1, 0.15) is 48.4 Å². The minimum atomic E-state index is -0.945. The molecule has 0 aliphatic heterocycles. The third-order valence-electron chi connectivity index (χ3n) is 6.66. The first-order valence-electron chi connectivity index (χ1n) is 12.7. The summed E-state index contributed by atoms with van der Waals surface area (Å²) in [7, 11) is 0. The van der Waals surface area contributed by atoms with E-state index >= 15 is 0 Å². The van der Waals surface area contributed by atoms with Gasteiger partial charge in [-0.25, -0.2) is 4.79 Å². The molecule has 3 N–H and O–H groups in total. The topological polar surface area (TPSA) is 78.8 Å². The number of carbonyl (C=O) groups is 1. The number of carboxylic acid groups (broad SMARTS) is 1. The van der Waals surface area contributed by atoms with Crippen LogP contribution in [-0.4, -0.2) is 41.0 Å². The zero-order valence-electron chi connectivity index (χ0n) is 21.6. The second-order valence-electron chi connectivity index (χ2n) is 10.2.